The van der Waals surface area contributed by atoms with E-state index in [1.165, 1.54) is 0 Å². The van der Waals surface area contributed by atoms with Crippen molar-refractivity contribution in [1.82, 2.24) is 5.32 Å². The van der Waals surface area contributed by atoms with Crippen LogP contribution in [0, 0.1) is 11.3 Å². The van der Waals surface area contributed by atoms with Crippen LogP contribution in [0.3, 0.4) is 0 Å². The molecule has 0 aromatic heterocycles. The normalized spacial score (nSPS) is 23.4. The zero-order valence-electron chi connectivity index (χ0n) is 19.9. The maximum absolute atomic E-state index is 11.0. The topological polar surface area (TPSA) is 54.3 Å². The van der Waals surface area contributed by atoms with Crippen molar-refractivity contribution in [3.63, 3.8) is 0 Å². The van der Waals surface area contributed by atoms with Gasteiger partial charge in [-0.25, -0.2) is 0 Å². The lowest BCUT2D eigenvalue weighted by molar-refractivity contribution is 0.412. The van der Waals surface area contributed by atoms with E-state index < -0.39 is 5.41 Å². The second-order valence-corrected chi connectivity index (χ2v) is 8.86. The highest BCUT2D eigenvalue weighted by Gasteiger charge is 2.57. The molecule has 0 bridgehead atoms. The number of ether oxygens (including phenoxy) is 2. The second-order valence-electron chi connectivity index (χ2n) is 8.86. The van der Waals surface area contributed by atoms with Crippen LogP contribution < -0.4 is 14.8 Å². The summed E-state index contributed by atoms with van der Waals surface area (Å²) in [4.78, 5) is 0. The van der Waals surface area contributed by atoms with Gasteiger partial charge in [0.2, 0.25) is 0 Å². The molecule has 1 aliphatic rings. The van der Waals surface area contributed by atoms with E-state index in [1.54, 1.807) is 14.2 Å². The average Bonchev–Trinajstić information content (AvgIpc) is 3.30. The molecule has 1 N–H and O–H groups in total. The Morgan fingerprint density at radius 2 is 1.17 bits per heavy atom. The summed E-state index contributed by atoms with van der Waals surface area (Å²) in [6, 6.07) is 39.3. The SMILES string of the molecule is COc1ccc(C2NC(c3ccc(OC)cc3)C(C#N)(c3ccccc3)C2c2ccccc2)cc1. The van der Waals surface area contributed by atoms with Crippen LogP contribution in [0.1, 0.15) is 40.3 Å². The van der Waals surface area contributed by atoms with Gasteiger partial charge in [0.25, 0.3) is 0 Å². The van der Waals surface area contributed by atoms with E-state index in [0.717, 1.165) is 33.8 Å². The molecule has 4 aromatic carbocycles. The monoisotopic (exact) mass is 460 g/mol. The predicted octanol–water partition coefficient (Wildman–Crippen LogP) is 6.33. The van der Waals surface area contributed by atoms with Crippen molar-refractivity contribution in [2.75, 3.05) is 14.2 Å². The van der Waals surface area contributed by atoms with Crippen LogP contribution in [0.15, 0.2) is 109 Å². The zero-order valence-corrected chi connectivity index (χ0v) is 19.9. The fourth-order valence-electron chi connectivity index (χ4n) is 5.48. The van der Waals surface area contributed by atoms with E-state index in [4.69, 9.17) is 9.47 Å². The molecule has 1 heterocycles. The van der Waals surface area contributed by atoms with Gasteiger partial charge in [-0.2, -0.15) is 5.26 Å². The van der Waals surface area contributed by atoms with Crippen LogP contribution in [0.25, 0.3) is 0 Å². The van der Waals surface area contributed by atoms with E-state index in [2.05, 4.69) is 59.9 Å². The van der Waals surface area contributed by atoms with E-state index in [-0.39, 0.29) is 18.0 Å². The zero-order chi connectivity index (χ0) is 24.3. The standard InChI is InChI=1S/C31H28N2O2/c1-34-26-17-13-23(14-18-26)29-28(22-9-5-3-6-10-22)31(21-32,25-11-7-4-8-12-25)30(33-29)24-15-19-27(35-2)20-16-24/h3-20,28-30,33H,1-2H3. The summed E-state index contributed by atoms with van der Waals surface area (Å²) >= 11 is 0. The first-order valence-electron chi connectivity index (χ1n) is 11.8. The smallest absolute Gasteiger partial charge is 0.118 e. The lowest BCUT2D eigenvalue weighted by Gasteiger charge is -2.35. The van der Waals surface area contributed by atoms with Gasteiger partial charge in [-0.1, -0.05) is 84.9 Å². The summed E-state index contributed by atoms with van der Waals surface area (Å²) in [5.74, 6) is 1.47. The molecule has 0 amide bonds. The molecule has 4 heteroatoms. The number of benzene rings is 4. The minimum Gasteiger partial charge on any atom is -0.497 e. The highest BCUT2D eigenvalue weighted by atomic mass is 16.5. The van der Waals surface area contributed by atoms with Crippen molar-refractivity contribution in [1.29, 1.82) is 5.26 Å². The molecule has 0 spiro atoms. The fourth-order valence-corrected chi connectivity index (χ4v) is 5.48. The summed E-state index contributed by atoms with van der Waals surface area (Å²) in [7, 11) is 3.34. The fraction of sp³-hybridized carbons (Fsp3) is 0.194. The van der Waals surface area contributed by atoms with Crippen molar-refractivity contribution in [2.45, 2.75) is 23.4 Å². The third-order valence-electron chi connectivity index (χ3n) is 7.14. The molecule has 4 nitrogen and oxygen atoms in total. The van der Waals surface area contributed by atoms with Gasteiger partial charge in [0.15, 0.2) is 0 Å². The van der Waals surface area contributed by atoms with E-state index in [0.29, 0.717) is 0 Å². The number of rotatable bonds is 6. The summed E-state index contributed by atoms with van der Waals surface area (Å²) < 4.78 is 10.8. The number of nitriles is 1. The van der Waals surface area contributed by atoms with Crippen LogP contribution in [0.4, 0.5) is 0 Å². The summed E-state index contributed by atoms with van der Waals surface area (Å²) in [6.07, 6.45) is 0. The molecule has 174 valence electrons. The van der Waals surface area contributed by atoms with Crippen LogP contribution in [-0.2, 0) is 5.41 Å². The number of methoxy groups -OCH3 is 2. The summed E-state index contributed by atoms with van der Waals surface area (Å²) in [5, 5.41) is 14.9. The van der Waals surface area contributed by atoms with Gasteiger partial charge in [0.05, 0.1) is 26.3 Å². The highest BCUT2D eigenvalue weighted by molar-refractivity contribution is 5.51. The Bertz CT molecular complexity index is 1300. The van der Waals surface area contributed by atoms with E-state index in [9.17, 15) is 5.26 Å². The third kappa shape index (κ3) is 3.95. The maximum Gasteiger partial charge on any atom is 0.118 e. The van der Waals surface area contributed by atoms with Gasteiger partial charge < -0.3 is 14.8 Å². The summed E-state index contributed by atoms with van der Waals surface area (Å²) in [5.41, 5.74) is 3.45. The van der Waals surface area contributed by atoms with Gasteiger partial charge in [-0.15, -0.1) is 0 Å². The third-order valence-corrected chi connectivity index (χ3v) is 7.14. The molecular weight excluding hydrogens is 432 g/mol. The first-order chi connectivity index (χ1) is 17.2. The molecule has 5 rings (SSSR count). The van der Waals surface area contributed by atoms with Gasteiger partial charge in [0, 0.05) is 12.0 Å². The summed E-state index contributed by atoms with van der Waals surface area (Å²) in [6.45, 7) is 0. The largest absolute Gasteiger partial charge is 0.497 e. The van der Waals surface area contributed by atoms with Gasteiger partial charge >= 0.3 is 0 Å². The predicted molar refractivity (Wildman–Crippen MR) is 138 cm³/mol. The van der Waals surface area contributed by atoms with Crippen LogP contribution in [0.2, 0.25) is 0 Å². The molecule has 1 aliphatic heterocycles. The molecule has 1 fully saturated rings. The van der Waals surface area contributed by atoms with Crippen LogP contribution >= 0.6 is 0 Å². The molecule has 0 saturated carbocycles. The molecule has 35 heavy (non-hydrogen) atoms. The van der Waals surface area contributed by atoms with Crippen molar-refractivity contribution in [2.24, 2.45) is 0 Å². The molecule has 0 aliphatic carbocycles. The minimum absolute atomic E-state index is 0.0877. The lowest BCUT2D eigenvalue weighted by atomic mass is 9.63. The minimum atomic E-state index is -0.845. The van der Waals surface area contributed by atoms with Crippen LogP contribution in [0.5, 0.6) is 11.5 Å². The number of hydrogen-bond donors (Lipinski definition) is 1. The Morgan fingerprint density at radius 1 is 0.657 bits per heavy atom. The van der Waals surface area contributed by atoms with Gasteiger partial charge in [-0.3, -0.25) is 0 Å². The molecule has 0 radical (unpaired) electrons. The highest BCUT2D eigenvalue weighted by Crippen LogP contribution is 2.58. The average molecular weight is 461 g/mol. The molecule has 4 aromatic rings. The van der Waals surface area contributed by atoms with Gasteiger partial charge in [-0.05, 0) is 46.5 Å². The maximum atomic E-state index is 11.0. The molecule has 4 unspecified atom stereocenters. The lowest BCUT2D eigenvalue weighted by Crippen LogP contribution is -2.35. The van der Waals surface area contributed by atoms with Crippen LogP contribution in [-0.4, -0.2) is 14.2 Å². The Hall–Kier alpha value is -4.07. The number of hydrogen-bond acceptors (Lipinski definition) is 4. The van der Waals surface area contributed by atoms with E-state index in [1.807, 2.05) is 60.7 Å². The van der Waals surface area contributed by atoms with Gasteiger partial charge in [0.1, 0.15) is 16.9 Å². The van der Waals surface area contributed by atoms with Crippen molar-refractivity contribution >= 4 is 0 Å². The molecular formula is C31H28N2O2. The second kappa shape index (κ2) is 9.66. The Kier molecular flexibility index (Phi) is 6.27. The quantitative estimate of drug-likeness (QED) is 0.365. The Balaban J connectivity index is 1.75. The van der Waals surface area contributed by atoms with Crippen molar-refractivity contribution < 1.29 is 9.47 Å². The molecule has 4 atom stereocenters. The van der Waals surface area contributed by atoms with Crippen molar-refractivity contribution in [3.8, 4) is 17.6 Å². The first kappa shape index (κ1) is 22.7. The molecule has 1 saturated heterocycles. The Labute approximate surface area is 206 Å². The first-order valence-corrected chi connectivity index (χ1v) is 11.8. The van der Waals surface area contributed by atoms with Crippen molar-refractivity contribution in [3.05, 3.63) is 131 Å². The number of nitrogens with one attached hydrogen (secondary N) is 1. The van der Waals surface area contributed by atoms with E-state index >= 15 is 0 Å². The number of nitrogens with zero attached hydrogens (tertiary/aromatic N) is 1. The Morgan fingerprint density at radius 3 is 1.69 bits per heavy atom.